The number of benzene rings is 1. The summed E-state index contributed by atoms with van der Waals surface area (Å²) in [6.07, 6.45) is 1.84. The molecule has 13 atom stereocenters. The molecule has 5 bridgehead atoms. The zero-order valence-corrected chi connectivity index (χ0v) is 22.2. The molecule has 7 heteroatoms. The molecule has 37 heavy (non-hydrogen) atoms. The Balaban J connectivity index is 1.38. The van der Waals surface area contributed by atoms with Gasteiger partial charge in [0.05, 0.1) is 11.5 Å². The quantitative estimate of drug-likeness (QED) is 0.414. The predicted octanol–water partition coefficient (Wildman–Crippen LogP) is 3.02. The van der Waals surface area contributed by atoms with Crippen LogP contribution < -0.4 is 10.1 Å². The van der Waals surface area contributed by atoms with Crippen LogP contribution in [0.4, 0.5) is 0 Å². The van der Waals surface area contributed by atoms with Crippen molar-refractivity contribution >= 4 is 11.7 Å². The van der Waals surface area contributed by atoms with Crippen molar-refractivity contribution in [1.29, 1.82) is 0 Å². The first-order valence-corrected chi connectivity index (χ1v) is 14.1. The lowest BCUT2D eigenvalue weighted by molar-refractivity contribution is -0.160. The van der Waals surface area contributed by atoms with Crippen LogP contribution in [0.3, 0.4) is 0 Å². The minimum atomic E-state index is -1.71. The van der Waals surface area contributed by atoms with Crippen molar-refractivity contribution < 1.29 is 28.9 Å². The van der Waals surface area contributed by atoms with E-state index in [2.05, 4.69) is 33.0 Å². The topological polar surface area (TPSA) is 97.4 Å². The molecule has 8 aliphatic rings. The van der Waals surface area contributed by atoms with Crippen molar-refractivity contribution in [2.75, 3.05) is 0 Å². The van der Waals surface area contributed by atoms with Crippen LogP contribution in [0.2, 0.25) is 0 Å². The van der Waals surface area contributed by atoms with Crippen LogP contribution in [0, 0.1) is 40.9 Å². The number of amides is 1. The fraction of sp³-hybridized carbons (Fsp3) is 0.733. The number of ether oxygens (including phenoxy) is 3. The normalized spacial score (nSPS) is 58.4. The molecule has 6 fully saturated rings. The maximum Gasteiger partial charge on any atom is 0.262 e. The van der Waals surface area contributed by atoms with Crippen molar-refractivity contribution in [3.8, 4) is 5.75 Å². The van der Waals surface area contributed by atoms with Crippen LogP contribution in [-0.2, 0) is 25.5 Å². The third-order valence-corrected chi connectivity index (χ3v) is 11.8. The minimum Gasteiger partial charge on any atom is -0.490 e. The van der Waals surface area contributed by atoms with E-state index in [1.165, 1.54) is 0 Å². The minimum absolute atomic E-state index is 0.0665. The van der Waals surface area contributed by atoms with Crippen molar-refractivity contribution in [2.24, 2.45) is 40.9 Å². The van der Waals surface area contributed by atoms with Gasteiger partial charge in [0.25, 0.3) is 5.91 Å². The van der Waals surface area contributed by atoms with E-state index in [0.29, 0.717) is 11.8 Å². The summed E-state index contributed by atoms with van der Waals surface area (Å²) in [5.74, 6) is 0.745. The number of carbonyl (C=O) groups excluding carboxylic acids is 2. The Labute approximate surface area is 217 Å². The number of Topliss-reactive ketones (excluding diaryl/α,β-unsaturated/α-hetero) is 1. The van der Waals surface area contributed by atoms with Gasteiger partial charge < -0.3 is 24.6 Å². The summed E-state index contributed by atoms with van der Waals surface area (Å²) in [5.41, 5.74) is -3.87. The number of carbonyl (C=O) groups is 2. The highest BCUT2D eigenvalue weighted by molar-refractivity contribution is 6.14. The van der Waals surface area contributed by atoms with Gasteiger partial charge in [0, 0.05) is 30.6 Å². The average Bonchev–Trinajstić information content (AvgIpc) is 3.25. The van der Waals surface area contributed by atoms with E-state index >= 15 is 0 Å². The molecule has 1 aromatic carbocycles. The Bertz CT molecular complexity index is 1250. The van der Waals surface area contributed by atoms with Gasteiger partial charge in [-0.15, -0.1) is 0 Å². The molecule has 3 aliphatic carbocycles. The molecule has 9 rings (SSSR count). The van der Waals surface area contributed by atoms with Gasteiger partial charge in [-0.05, 0) is 61.6 Å². The van der Waals surface area contributed by atoms with Gasteiger partial charge in [-0.3, -0.25) is 9.59 Å². The largest absolute Gasteiger partial charge is 0.490 e. The fourth-order valence-corrected chi connectivity index (χ4v) is 11.2. The summed E-state index contributed by atoms with van der Waals surface area (Å²) < 4.78 is 20.3. The molecule has 1 amide bonds. The van der Waals surface area contributed by atoms with Crippen LogP contribution in [0.1, 0.15) is 59.4 Å². The summed E-state index contributed by atoms with van der Waals surface area (Å²) in [4.78, 5) is 28.2. The molecule has 3 saturated heterocycles. The molecule has 3 saturated carbocycles. The Kier molecular flexibility index (Phi) is 3.99. The third kappa shape index (κ3) is 2.51. The number of aliphatic hydroxyl groups is 1. The van der Waals surface area contributed by atoms with Gasteiger partial charge in [0.15, 0.2) is 5.78 Å². The number of nitrogens with one attached hydrogen (secondary N) is 1. The maximum absolute atomic E-state index is 14.6. The van der Waals surface area contributed by atoms with Gasteiger partial charge in [-0.2, -0.15) is 0 Å². The zero-order chi connectivity index (χ0) is 25.9. The third-order valence-electron chi connectivity index (χ3n) is 11.8. The number of fused-ring (bicyclic) bond motifs is 7. The van der Waals surface area contributed by atoms with Gasteiger partial charge in [0.1, 0.15) is 29.3 Å². The molecular formula is C30H37NO6. The van der Waals surface area contributed by atoms with Crippen LogP contribution >= 0.6 is 0 Å². The van der Waals surface area contributed by atoms with E-state index in [9.17, 15) is 14.7 Å². The number of hydrogen-bond donors (Lipinski definition) is 2. The van der Waals surface area contributed by atoms with E-state index in [-0.39, 0.29) is 54.0 Å². The Morgan fingerprint density at radius 3 is 2.51 bits per heavy atom. The summed E-state index contributed by atoms with van der Waals surface area (Å²) in [5, 5.41) is 14.3. The highest BCUT2D eigenvalue weighted by Gasteiger charge is 2.87. The number of rotatable bonds is 0. The fourth-order valence-electron chi connectivity index (χ4n) is 11.2. The zero-order valence-electron chi connectivity index (χ0n) is 22.2. The number of ketones is 1. The second-order valence-electron chi connectivity index (χ2n) is 14.3. The first-order valence-electron chi connectivity index (χ1n) is 14.1. The van der Waals surface area contributed by atoms with Gasteiger partial charge in [-0.1, -0.05) is 32.9 Å². The maximum atomic E-state index is 14.6. The molecule has 5 heterocycles. The molecule has 1 spiro atoms. The summed E-state index contributed by atoms with van der Waals surface area (Å²) in [6, 6.07) is 7.85. The van der Waals surface area contributed by atoms with Crippen molar-refractivity contribution in [3.05, 3.63) is 29.8 Å². The number of epoxide rings is 1. The van der Waals surface area contributed by atoms with Gasteiger partial charge in [-0.25, -0.2) is 0 Å². The van der Waals surface area contributed by atoms with E-state index < -0.39 is 34.4 Å². The van der Waals surface area contributed by atoms with E-state index in [1.54, 1.807) is 0 Å². The molecule has 198 valence electrons. The highest BCUT2D eigenvalue weighted by Crippen LogP contribution is 2.76. The van der Waals surface area contributed by atoms with Gasteiger partial charge >= 0.3 is 0 Å². The van der Waals surface area contributed by atoms with Crippen molar-refractivity contribution in [2.45, 2.75) is 95.0 Å². The summed E-state index contributed by atoms with van der Waals surface area (Å²) >= 11 is 0. The van der Waals surface area contributed by atoms with Crippen LogP contribution in [0.15, 0.2) is 24.3 Å². The average molecular weight is 508 g/mol. The molecule has 5 aliphatic heterocycles. The lowest BCUT2D eigenvalue weighted by Gasteiger charge is -2.50. The molecule has 1 aromatic rings. The van der Waals surface area contributed by atoms with Crippen LogP contribution in [-0.4, -0.2) is 51.5 Å². The lowest BCUT2D eigenvalue weighted by Crippen LogP contribution is -2.58. The first kappa shape index (κ1) is 23.0. The monoisotopic (exact) mass is 507 g/mol. The Morgan fingerprint density at radius 1 is 1.05 bits per heavy atom. The smallest absolute Gasteiger partial charge is 0.262 e. The predicted molar refractivity (Wildman–Crippen MR) is 132 cm³/mol. The molecule has 0 radical (unpaired) electrons. The second kappa shape index (κ2) is 6.43. The number of hydrogen-bond acceptors (Lipinski definition) is 6. The van der Waals surface area contributed by atoms with E-state index in [1.807, 2.05) is 31.2 Å². The van der Waals surface area contributed by atoms with Crippen molar-refractivity contribution in [3.63, 3.8) is 0 Å². The van der Waals surface area contributed by atoms with Crippen molar-refractivity contribution in [1.82, 2.24) is 5.32 Å². The Hall–Kier alpha value is -1.96. The lowest BCUT2D eigenvalue weighted by atomic mass is 9.52. The molecule has 2 N–H and O–H groups in total. The van der Waals surface area contributed by atoms with Gasteiger partial charge in [0.2, 0.25) is 5.60 Å². The van der Waals surface area contributed by atoms with Crippen LogP contribution in [0.25, 0.3) is 0 Å². The molecular weight excluding hydrogens is 470 g/mol. The standard InChI is InChI=1S/C30H37NO6/c1-14-10-15(2)19-21-18-20-23(32)30(37-27(20,4)24-28(5,36-24)22(18)26(19,3)11-14)13-29(34,31-25(30)33)12-16-6-8-17(35-21)9-7-16/h6-9,14-15,18-22,24,34H,10-13H2,1-5H3,(H,31,33). The summed E-state index contributed by atoms with van der Waals surface area (Å²) in [7, 11) is 0. The molecule has 7 nitrogen and oxygen atoms in total. The Morgan fingerprint density at radius 2 is 1.78 bits per heavy atom. The van der Waals surface area contributed by atoms with E-state index in [4.69, 9.17) is 14.2 Å². The highest BCUT2D eigenvalue weighted by atomic mass is 16.7. The SMILES string of the molecule is CC1CC(C)C2C3Oc4ccc(cc4)CC4(O)CC5(OC6(C)C(C5=O)C3C(C2(C)C1)C1(C)OC61)C(=O)N4. The summed E-state index contributed by atoms with van der Waals surface area (Å²) in [6.45, 7) is 11.2. The molecule has 13 unspecified atom stereocenters. The second-order valence-corrected chi connectivity index (χ2v) is 14.3. The van der Waals surface area contributed by atoms with E-state index in [0.717, 1.165) is 24.2 Å². The molecule has 0 aromatic heterocycles. The van der Waals surface area contributed by atoms with Crippen LogP contribution in [0.5, 0.6) is 5.75 Å². The first-order chi connectivity index (χ1) is 17.3.